The zero-order valence-electron chi connectivity index (χ0n) is 9.95. The SMILES string of the molecule is C=C(C)C(=O)Nc1ccc(C=O)cc1OCC. The van der Waals surface area contributed by atoms with Crippen molar-refractivity contribution >= 4 is 17.9 Å². The van der Waals surface area contributed by atoms with Gasteiger partial charge in [0, 0.05) is 11.1 Å². The maximum Gasteiger partial charge on any atom is 0.250 e. The molecule has 0 radical (unpaired) electrons. The fraction of sp³-hybridized carbons (Fsp3) is 0.231. The largest absolute Gasteiger partial charge is 0.492 e. The first-order valence-electron chi connectivity index (χ1n) is 5.27. The zero-order valence-corrected chi connectivity index (χ0v) is 9.95. The van der Waals surface area contributed by atoms with Gasteiger partial charge >= 0.3 is 0 Å². The molecule has 0 heterocycles. The van der Waals surface area contributed by atoms with E-state index in [2.05, 4.69) is 11.9 Å². The highest BCUT2D eigenvalue weighted by molar-refractivity contribution is 6.03. The van der Waals surface area contributed by atoms with E-state index in [4.69, 9.17) is 4.74 Å². The fourth-order valence-electron chi connectivity index (χ4n) is 1.22. The summed E-state index contributed by atoms with van der Waals surface area (Å²) < 4.78 is 5.36. The van der Waals surface area contributed by atoms with E-state index in [0.29, 0.717) is 29.2 Å². The van der Waals surface area contributed by atoms with Gasteiger partial charge in [0.05, 0.1) is 12.3 Å². The Morgan fingerprint density at radius 2 is 2.24 bits per heavy atom. The van der Waals surface area contributed by atoms with E-state index in [0.717, 1.165) is 6.29 Å². The predicted molar refractivity (Wildman–Crippen MR) is 66.4 cm³/mol. The lowest BCUT2D eigenvalue weighted by Crippen LogP contribution is -2.13. The molecule has 0 aliphatic heterocycles. The molecule has 1 aromatic rings. The molecular formula is C13H15NO3. The summed E-state index contributed by atoms with van der Waals surface area (Å²) in [6.45, 7) is 7.46. The summed E-state index contributed by atoms with van der Waals surface area (Å²) >= 11 is 0. The Balaban J connectivity index is 3.01. The number of hydrogen-bond donors (Lipinski definition) is 1. The van der Waals surface area contributed by atoms with Crippen molar-refractivity contribution in [2.45, 2.75) is 13.8 Å². The van der Waals surface area contributed by atoms with Crippen LogP contribution in [0.5, 0.6) is 5.75 Å². The molecule has 1 rings (SSSR count). The predicted octanol–water partition coefficient (Wildman–Crippen LogP) is 2.41. The minimum atomic E-state index is -0.273. The number of ether oxygens (including phenoxy) is 1. The fourth-order valence-corrected chi connectivity index (χ4v) is 1.22. The topological polar surface area (TPSA) is 55.4 Å². The Hall–Kier alpha value is -2.10. The number of amides is 1. The van der Waals surface area contributed by atoms with Crippen LogP contribution in [-0.4, -0.2) is 18.8 Å². The summed E-state index contributed by atoms with van der Waals surface area (Å²) in [7, 11) is 0. The van der Waals surface area contributed by atoms with Crippen molar-refractivity contribution in [1.82, 2.24) is 0 Å². The molecule has 90 valence electrons. The van der Waals surface area contributed by atoms with E-state index < -0.39 is 0 Å². The smallest absolute Gasteiger partial charge is 0.250 e. The van der Waals surface area contributed by atoms with Gasteiger partial charge < -0.3 is 10.1 Å². The van der Waals surface area contributed by atoms with E-state index in [9.17, 15) is 9.59 Å². The molecule has 0 aliphatic carbocycles. The van der Waals surface area contributed by atoms with Crippen LogP contribution in [0.25, 0.3) is 0 Å². The summed E-state index contributed by atoms with van der Waals surface area (Å²) in [5.41, 5.74) is 1.44. The molecule has 1 N–H and O–H groups in total. The van der Waals surface area contributed by atoms with Crippen molar-refractivity contribution in [2.24, 2.45) is 0 Å². The van der Waals surface area contributed by atoms with Crippen molar-refractivity contribution < 1.29 is 14.3 Å². The second-order valence-corrected chi connectivity index (χ2v) is 3.54. The molecule has 4 heteroatoms. The Bertz CT molecular complexity index is 452. The van der Waals surface area contributed by atoms with Gasteiger partial charge in [-0.05, 0) is 32.0 Å². The van der Waals surface area contributed by atoms with Crippen LogP contribution in [-0.2, 0) is 4.79 Å². The number of aldehydes is 1. The Morgan fingerprint density at radius 3 is 2.76 bits per heavy atom. The maximum absolute atomic E-state index is 11.5. The van der Waals surface area contributed by atoms with Crippen molar-refractivity contribution in [3.05, 3.63) is 35.9 Å². The highest BCUT2D eigenvalue weighted by Gasteiger charge is 2.09. The van der Waals surface area contributed by atoms with Gasteiger partial charge in [0.15, 0.2) is 0 Å². The normalized spacial score (nSPS) is 9.53. The highest BCUT2D eigenvalue weighted by Crippen LogP contribution is 2.25. The molecule has 0 spiro atoms. The average Bonchev–Trinajstić information content (AvgIpc) is 2.31. The molecule has 4 nitrogen and oxygen atoms in total. The maximum atomic E-state index is 11.5. The van der Waals surface area contributed by atoms with Crippen LogP contribution in [0.1, 0.15) is 24.2 Å². The lowest BCUT2D eigenvalue weighted by molar-refractivity contribution is -0.112. The van der Waals surface area contributed by atoms with Crippen molar-refractivity contribution in [3.63, 3.8) is 0 Å². The number of nitrogens with one attached hydrogen (secondary N) is 1. The number of carbonyl (C=O) groups excluding carboxylic acids is 2. The van der Waals surface area contributed by atoms with Crippen LogP contribution >= 0.6 is 0 Å². The zero-order chi connectivity index (χ0) is 12.8. The number of rotatable bonds is 5. The first-order chi connectivity index (χ1) is 8.08. The Morgan fingerprint density at radius 1 is 1.53 bits per heavy atom. The second-order valence-electron chi connectivity index (χ2n) is 3.54. The molecule has 17 heavy (non-hydrogen) atoms. The highest BCUT2D eigenvalue weighted by atomic mass is 16.5. The van der Waals surface area contributed by atoms with Gasteiger partial charge in [-0.25, -0.2) is 0 Å². The third-order valence-electron chi connectivity index (χ3n) is 2.08. The van der Waals surface area contributed by atoms with E-state index in [-0.39, 0.29) is 5.91 Å². The van der Waals surface area contributed by atoms with Crippen molar-refractivity contribution in [3.8, 4) is 5.75 Å². The Labute approximate surface area is 100 Å². The second kappa shape index (κ2) is 5.84. The number of benzene rings is 1. The van der Waals surface area contributed by atoms with Gasteiger partial charge in [0.2, 0.25) is 0 Å². The van der Waals surface area contributed by atoms with E-state index >= 15 is 0 Å². The summed E-state index contributed by atoms with van der Waals surface area (Å²) in [5, 5.41) is 2.67. The minimum Gasteiger partial charge on any atom is -0.492 e. The lowest BCUT2D eigenvalue weighted by atomic mass is 10.2. The molecule has 0 saturated heterocycles. The lowest BCUT2D eigenvalue weighted by Gasteiger charge is -2.11. The molecular weight excluding hydrogens is 218 g/mol. The number of carbonyl (C=O) groups is 2. The molecule has 0 bridgehead atoms. The molecule has 0 unspecified atom stereocenters. The molecule has 1 amide bonds. The van der Waals surface area contributed by atoms with Crippen LogP contribution in [0.3, 0.4) is 0 Å². The van der Waals surface area contributed by atoms with Gasteiger partial charge in [-0.15, -0.1) is 0 Å². The van der Waals surface area contributed by atoms with Crippen LogP contribution in [0, 0.1) is 0 Å². The van der Waals surface area contributed by atoms with E-state index in [1.807, 2.05) is 6.92 Å². The monoisotopic (exact) mass is 233 g/mol. The average molecular weight is 233 g/mol. The molecule has 0 atom stereocenters. The van der Waals surface area contributed by atoms with Crippen molar-refractivity contribution in [2.75, 3.05) is 11.9 Å². The minimum absolute atomic E-state index is 0.273. The molecule has 0 saturated carbocycles. The van der Waals surface area contributed by atoms with Gasteiger partial charge in [0.1, 0.15) is 12.0 Å². The number of anilines is 1. The summed E-state index contributed by atoms with van der Waals surface area (Å²) in [6, 6.07) is 4.84. The third kappa shape index (κ3) is 3.45. The van der Waals surface area contributed by atoms with Crippen molar-refractivity contribution in [1.29, 1.82) is 0 Å². The quantitative estimate of drug-likeness (QED) is 0.627. The van der Waals surface area contributed by atoms with E-state index in [1.54, 1.807) is 25.1 Å². The van der Waals surface area contributed by atoms with Gasteiger partial charge in [-0.2, -0.15) is 0 Å². The van der Waals surface area contributed by atoms with Crippen LogP contribution in [0.15, 0.2) is 30.4 Å². The first-order valence-corrected chi connectivity index (χ1v) is 5.27. The molecule has 1 aromatic carbocycles. The summed E-state index contributed by atoms with van der Waals surface area (Å²) in [6.07, 6.45) is 0.729. The summed E-state index contributed by atoms with van der Waals surface area (Å²) in [5.74, 6) is 0.205. The van der Waals surface area contributed by atoms with Gasteiger partial charge in [-0.3, -0.25) is 9.59 Å². The summed E-state index contributed by atoms with van der Waals surface area (Å²) in [4.78, 5) is 22.1. The van der Waals surface area contributed by atoms with Crippen LogP contribution in [0.4, 0.5) is 5.69 Å². The van der Waals surface area contributed by atoms with Crippen LogP contribution in [0.2, 0.25) is 0 Å². The Kier molecular flexibility index (Phi) is 4.46. The number of hydrogen-bond acceptors (Lipinski definition) is 3. The third-order valence-corrected chi connectivity index (χ3v) is 2.08. The molecule has 0 aromatic heterocycles. The first kappa shape index (κ1) is 13.0. The van der Waals surface area contributed by atoms with Gasteiger partial charge in [0.25, 0.3) is 5.91 Å². The standard InChI is InChI=1S/C13H15NO3/c1-4-17-12-7-10(8-15)5-6-11(12)14-13(16)9(2)3/h5-8H,2,4H2,1,3H3,(H,14,16). The van der Waals surface area contributed by atoms with Gasteiger partial charge in [-0.1, -0.05) is 6.58 Å². The van der Waals surface area contributed by atoms with Crippen LogP contribution < -0.4 is 10.1 Å². The molecule has 0 aliphatic rings. The van der Waals surface area contributed by atoms with E-state index in [1.165, 1.54) is 0 Å². The molecule has 0 fully saturated rings.